The number of hydrogen-bond donors (Lipinski definition) is 0. The summed E-state index contributed by atoms with van der Waals surface area (Å²) in [7, 11) is 1.48. The van der Waals surface area contributed by atoms with E-state index in [0.717, 1.165) is 0 Å². The summed E-state index contributed by atoms with van der Waals surface area (Å²) in [6.45, 7) is 3.78. The van der Waals surface area contributed by atoms with Crippen LogP contribution in [0.2, 0.25) is 0 Å². The second kappa shape index (κ2) is 6.88. The Morgan fingerprint density at radius 2 is 1.92 bits per heavy atom. The van der Waals surface area contributed by atoms with Crippen molar-refractivity contribution in [2.75, 3.05) is 53.1 Å². The summed E-state index contributed by atoms with van der Waals surface area (Å²) in [5.41, 5.74) is 0.544. The number of carbonyl (C=O) groups excluding carboxylic acids is 2. The van der Waals surface area contributed by atoms with E-state index in [1.807, 2.05) is 0 Å². The molecule has 2 aliphatic heterocycles. The molecular weight excluding hydrogens is 318 g/mol. The average molecular weight is 339 g/mol. The van der Waals surface area contributed by atoms with Crippen molar-refractivity contribution in [3.63, 3.8) is 0 Å². The molecule has 2 saturated heterocycles. The van der Waals surface area contributed by atoms with Crippen molar-refractivity contribution in [1.29, 1.82) is 0 Å². The van der Waals surface area contributed by atoms with Crippen LogP contribution in [0.4, 0.5) is 0 Å². The fraction of sp³-hybridized carbons (Fsp3) is 0.667. The summed E-state index contributed by atoms with van der Waals surface area (Å²) in [5.74, 6) is -1.17. The van der Waals surface area contributed by atoms with Gasteiger partial charge in [-0.3, -0.25) is 9.59 Å². The molecule has 9 nitrogen and oxygen atoms in total. The van der Waals surface area contributed by atoms with Crippen molar-refractivity contribution in [3.05, 3.63) is 17.8 Å². The number of nitrogens with zero attached hydrogens (tertiary/aromatic N) is 3. The zero-order chi connectivity index (χ0) is 17.2. The van der Waals surface area contributed by atoms with Crippen molar-refractivity contribution in [3.8, 4) is 0 Å². The van der Waals surface area contributed by atoms with E-state index in [0.29, 0.717) is 32.0 Å². The SMILES string of the molecule is COCC(=O)N1CCOC2(C1)CN(C(=O)c1ocnc1C)CCO2. The van der Waals surface area contributed by atoms with E-state index < -0.39 is 5.79 Å². The van der Waals surface area contributed by atoms with Crippen LogP contribution in [0.5, 0.6) is 0 Å². The Morgan fingerprint density at radius 3 is 2.54 bits per heavy atom. The van der Waals surface area contributed by atoms with Crippen LogP contribution in [0.1, 0.15) is 16.2 Å². The Labute approximate surface area is 139 Å². The molecule has 3 rings (SSSR count). The molecule has 0 aromatic carbocycles. The highest BCUT2D eigenvalue weighted by atomic mass is 16.7. The van der Waals surface area contributed by atoms with Crippen LogP contribution in [0.3, 0.4) is 0 Å². The van der Waals surface area contributed by atoms with Gasteiger partial charge in [0.25, 0.3) is 5.91 Å². The van der Waals surface area contributed by atoms with Crippen molar-refractivity contribution in [2.45, 2.75) is 12.7 Å². The molecule has 0 radical (unpaired) electrons. The average Bonchev–Trinajstić information content (AvgIpc) is 3.00. The molecule has 1 unspecified atom stereocenters. The molecule has 0 N–H and O–H groups in total. The van der Waals surface area contributed by atoms with Gasteiger partial charge in [-0.2, -0.15) is 0 Å². The van der Waals surface area contributed by atoms with Gasteiger partial charge in [-0.25, -0.2) is 4.98 Å². The summed E-state index contributed by atoms with van der Waals surface area (Å²) in [6, 6.07) is 0. The Hall–Kier alpha value is -1.97. The lowest BCUT2D eigenvalue weighted by atomic mass is 10.1. The normalized spacial score (nSPS) is 24.4. The smallest absolute Gasteiger partial charge is 0.291 e. The number of rotatable bonds is 3. The van der Waals surface area contributed by atoms with E-state index in [-0.39, 0.29) is 37.3 Å². The standard InChI is InChI=1S/C15H21N3O6/c1-11-13(22-10-16-11)14(20)18-4-6-24-15(9-18)8-17(3-5-23-15)12(19)7-21-2/h10H,3-9H2,1-2H3. The molecule has 2 fully saturated rings. The number of morpholine rings is 2. The number of hydrogen-bond acceptors (Lipinski definition) is 7. The molecule has 1 aromatic rings. The first-order valence-corrected chi connectivity index (χ1v) is 7.79. The van der Waals surface area contributed by atoms with E-state index in [9.17, 15) is 9.59 Å². The highest BCUT2D eigenvalue weighted by Crippen LogP contribution is 2.26. The number of amides is 2. The van der Waals surface area contributed by atoms with E-state index in [4.69, 9.17) is 18.6 Å². The van der Waals surface area contributed by atoms with Gasteiger partial charge in [0, 0.05) is 20.2 Å². The Bertz CT molecular complexity index is 614. The molecule has 0 saturated carbocycles. The minimum Gasteiger partial charge on any atom is -0.438 e. The molecule has 0 bridgehead atoms. The fourth-order valence-corrected chi connectivity index (χ4v) is 2.95. The largest absolute Gasteiger partial charge is 0.438 e. The van der Waals surface area contributed by atoms with Crippen molar-refractivity contribution >= 4 is 11.8 Å². The lowest BCUT2D eigenvalue weighted by molar-refractivity contribution is -0.284. The maximum atomic E-state index is 12.6. The predicted octanol–water partition coefficient (Wildman–Crippen LogP) is -0.343. The maximum absolute atomic E-state index is 12.6. The monoisotopic (exact) mass is 339 g/mol. The van der Waals surface area contributed by atoms with E-state index in [1.165, 1.54) is 13.5 Å². The second-order valence-corrected chi connectivity index (χ2v) is 5.85. The van der Waals surface area contributed by atoms with Crippen LogP contribution in [-0.4, -0.2) is 85.5 Å². The van der Waals surface area contributed by atoms with Gasteiger partial charge in [0.2, 0.25) is 17.5 Å². The molecule has 9 heteroatoms. The van der Waals surface area contributed by atoms with Crippen LogP contribution in [0.15, 0.2) is 10.8 Å². The zero-order valence-corrected chi connectivity index (χ0v) is 13.8. The summed E-state index contributed by atoms with van der Waals surface area (Å²) in [5, 5.41) is 0. The van der Waals surface area contributed by atoms with Crippen LogP contribution < -0.4 is 0 Å². The first kappa shape index (κ1) is 16.9. The maximum Gasteiger partial charge on any atom is 0.291 e. The first-order valence-electron chi connectivity index (χ1n) is 7.79. The topological polar surface area (TPSA) is 94.3 Å². The molecule has 1 spiro atoms. The molecule has 2 aliphatic rings. The number of methoxy groups -OCH3 is 1. The van der Waals surface area contributed by atoms with E-state index in [1.54, 1.807) is 16.7 Å². The summed E-state index contributed by atoms with van der Waals surface area (Å²) < 4.78 is 21.7. The molecule has 1 atom stereocenters. The molecule has 0 aliphatic carbocycles. The van der Waals surface area contributed by atoms with Crippen molar-refractivity contribution in [1.82, 2.24) is 14.8 Å². The van der Waals surface area contributed by atoms with Gasteiger partial charge < -0.3 is 28.4 Å². The van der Waals surface area contributed by atoms with Crippen LogP contribution in [-0.2, 0) is 19.0 Å². The molecule has 24 heavy (non-hydrogen) atoms. The Balaban J connectivity index is 1.71. The molecular formula is C15H21N3O6. The lowest BCUT2D eigenvalue weighted by Crippen LogP contribution is -2.64. The number of ether oxygens (including phenoxy) is 3. The van der Waals surface area contributed by atoms with Crippen LogP contribution in [0, 0.1) is 6.92 Å². The van der Waals surface area contributed by atoms with Crippen LogP contribution in [0.25, 0.3) is 0 Å². The molecule has 1 aromatic heterocycles. The first-order chi connectivity index (χ1) is 11.5. The second-order valence-electron chi connectivity index (χ2n) is 5.85. The third-order valence-electron chi connectivity index (χ3n) is 4.16. The van der Waals surface area contributed by atoms with Gasteiger partial charge in [-0.1, -0.05) is 0 Å². The number of aryl methyl sites for hydroxylation is 1. The van der Waals surface area contributed by atoms with Gasteiger partial charge >= 0.3 is 0 Å². The Morgan fingerprint density at radius 1 is 1.25 bits per heavy atom. The quantitative estimate of drug-likeness (QED) is 0.743. The number of oxazole rings is 1. The Kier molecular flexibility index (Phi) is 4.83. The molecule has 3 heterocycles. The van der Waals surface area contributed by atoms with Crippen LogP contribution >= 0.6 is 0 Å². The molecule has 2 amide bonds. The number of aromatic nitrogens is 1. The lowest BCUT2D eigenvalue weighted by Gasteiger charge is -2.47. The molecule has 132 valence electrons. The highest BCUT2D eigenvalue weighted by molar-refractivity contribution is 5.92. The van der Waals surface area contributed by atoms with Crippen molar-refractivity contribution in [2.24, 2.45) is 0 Å². The summed E-state index contributed by atoms with van der Waals surface area (Å²) in [6.07, 6.45) is 1.25. The third kappa shape index (κ3) is 3.28. The third-order valence-corrected chi connectivity index (χ3v) is 4.16. The van der Waals surface area contributed by atoms with E-state index in [2.05, 4.69) is 4.98 Å². The highest BCUT2D eigenvalue weighted by Gasteiger charge is 2.45. The van der Waals surface area contributed by atoms with Gasteiger partial charge in [0.05, 0.1) is 32.0 Å². The van der Waals surface area contributed by atoms with Gasteiger partial charge in [0.1, 0.15) is 6.61 Å². The zero-order valence-electron chi connectivity index (χ0n) is 13.8. The van der Waals surface area contributed by atoms with Gasteiger partial charge in [-0.05, 0) is 6.92 Å². The minimum absolute atomic E-state index is 0.00991. The fourth-order valence-electron chi connectivity index (χ4n) is 2.95. The summed E-state index contributed by atoms with van der Waals surface area (Å²) >= 11 is 0. The van der Waals surface area contributed by atoms with Gasteiger partial charge in [-0.15, -0.1) is 0 Å². The predicted molar refractivity (Wildman–Crippen MR) is 80.2 cm³/mol. The minimum atomic E-state index is -1.01. The van der Waals surface area contributed by atoms with E-state index >= 15 is 0 Å². The number of carbonyl (C=O) groups is 2. The van der Waals surface area contributed by atoms with Gasteiger partial charge in [0.15, 0.2) is 6.39 Å². The van der Waals surface area contributed by atoms with Crippen molar-refractivity contribution < 1.29 is 28.2 Å². The summed E-state index contributed by atoms with van der Waals surface area (Å²) in [4.78, 5) is 31.9.